The third-order valence-electron chi connectivity index (χ3n) is 3.36. The van der Waals surface area contributed by atoms with E-state index in [0.717, 1.165) is 13.1 Å². The molecule has 0 aliphatic heterocycles. The summed E-state index contributed by atoms with van der Waals surface area (Å²) in [7, 11) is 0. The average molecular weight is 300 g/mol. The predicted octanol–water partition coefficient (Wildman–Crippen LogP) is 2.21. The molecule has 1 amide bonds. The maximum absolute atomic E-state index is 12.4. The molecule has 0 aliphatic rings. The van der Waals surface area contributed by atoms with Crippen molar-refractivity contribution in [3.05, 3.63) is 0 Å². The molecule has 124 valence electrons. The molecule has 0 aliphatic carbocycles. The first-order valence-corrected chi connectivity index (χ1v) is 7.83. The van der Waals surface area contributed by atoms with Crippen molar-refractivity contribution < 1.29 is 14.7 Å². The number of amides is 1. The van der Waals surface area contributed by atoms with Gasteiger partial charge in [0.15, 0.2) is 0 Å². The van der Waals surface area contributed by atoms with E-state index in [1.807, 2.05) is 6.92 Å². The van der Waals surface area contributed by atoms with Gasteiger partial charge in [0, 0.05) is 13.1 Å². The molecule has 0 heterocycles. The van der Waals surface area contributed by atoms with E-state index in [-0.39, 0.29) is 17.9 Å². The molecule has 21 heavy (non-hydrogen) atoms. The molecule has 0 rings (SSSR count). The van der Waals surface area contributed by atoms with Crippen LogP contribution in [0.2, 0.25) is 0 Å². The molecule has 0 fully saturated rings. The Morgan fingerprint density at radius 3 is 1.67 bits per heavy atom. The third kappa shape index (κ3) is 7.46. The molecular formula is C16H32N2O3. The molecule has 0 aromatic carbocycles. The Labute approximate surface area is 129 Å². The molecule has 0 saturated carbocycles. The fraction of sp³-hybridized carbons (Fsp3) is 0.875. The zero-order valence-electron chi connectivity index (χ0n) is 14.5. The molecule has 0 aromatic rings. The number of carbonyl (C=O) groups is 2. The molecule has 0 spiro atoms. The molecule has 0 radical (unpaired) electrons. The van der Waals surface area contributed by atoms with E-state index >= 15 is 0 Å². The minimum Gasteiger partial charge on any atom is -0.480 e. The van der Waals surface area contributed by atoms with Crippen LogP contribution in [0.3, 0.4) is 0 Å². The Hall–Kier alpha value is -1.10. The standard InChI is InChI=1S/C16H32N2O3/c1-10(2)8-18(9-11(3)4)13(7)15(19)17-14(12(5)6)16(20)21/h10-14H,8-9H2,1-7H3,(H,17,19)(H,20,21). The lowest BCUT2D eigenvalue weighted by atomic mass is 10.0. The monoisotopic (exact) mass is 300 g/mol. The Bertz CT molecular complexity index is 330. The van der Waals surface area contributed by atoms with Gasteiger partial charge in [0.05, 0.1) is 6.04 Å². The van der Waals surface area contributed by atoms with E-state index in [9.17, 15) is 14.7 Å². The van der Waals surface area contributed by atoms with E-state index in [1.165, 1.54) is 0 Å². The van der Waals surface area contributed by atoms with Gasteiger partial charge in [0.2, 0.25) is 5.91 Å². The molecule has 5 heteroatoms. The summed E-state index contributed by atoms with van der Waals surface area (Å²) in [5, 5.41) is 11.8. The fourth-order valence-corrected chi connectivity index (χ4v) is 2.28. The Morgan fingerprint density at radius 1 is 0.952 bits per heavy atom. The van der Waals surface area contributed by atoms with E-state index in [4.69, 9.17) is 0 Å². The summed E-state index contributed by atoms with van der Waals surface area (Å²) in [6, 6.07) is -1.16. The predicted molar refractivity (Wildman–Crippen MR) is 85.1 cm³/mol. The Kier molecular flexibility index (Phi) is 8.55. The van der Waals surface area contributed by atoms with Gasteiger partial charge in [-0.1, -0.05) is 41.5 Å². The minimum atomic E-state index is -0.982. The largest absolute Gasteiger partial charge is 0.480 e. The molecular weight excluding hydrogens is 268 g/mol. The van der Waals surface area contributed by atoms with Crippen molar-refractivity contribution in [2.24, 2.45) is 17.8 Å². The lowest BCUT2D eigenvalue weighted by Crippen LogP contribution is -2.53. The van der Waals surface area contributed by atoms with E-state index in [0.29, 0.717) is 11.8 Å². The van der Waals surface area contributed by atoms with Crippen molar-refractivity contribution in [3.8, 4) is 0 Å². The van der Waals surface area contributed by atoms with Crippen LogP contribution in [0.25, 0.3) is 0 Å². The molecule has 5 nitrogen and oxygen atoms in total. The van der Waals surface area contributed by atoms with Crippen LogP contribution in [0.4, 0.5) is 0 Å². The number of rotatable bonds is 9. The summed E-state index contributed by atoms with van der Waals surface area (Å²) in [6.45, 7) is 15.6. The smallest absolute Gasteiger partial charge is 0.326 e. The number of carbonyl (C=O) groups excluding carboxylic acids is 1. The summed E-state index contributed by atoms with van der Waals surface area (Å²) in [6.07, 6.45) is 0. The molecule has 2 N–H and O–H groups in total. The van der Waals surface area contributed by atoms with Crippen LogP contribution in [-0.2, 0) is 9.59 Å². The van der Waals surface area contributed by atoms with E-state index < -0.39 is 12.0 Å². The van der Waals surface area contributed by atoms with Gasteiger partial charge in [-0.25, -0.2) is 4.79 Å². The second kappa shape index (κ2) is 9.03. The lowest BCUT2D eigenvalue weighted by Gasteiger charge is -2.32. The van der Waals surface area contributed by atoms with Gasteiger partial charge in [-0.15, -0.1) is 0 Å². The van der Waals surface area contributed by atoms with Crippen LogP contribution in [0, 0.1) is 17.8 Å². The van der Waals surface area contributed by atoms with Gasteiger partial charge in [-0.3, -0.25) is 9.69 Å². The number of nitrogens with one attached hydrogen (secondary N) is 1. The zero-order valence-corrected chi connectivity index (χ0v) is 14.5. The van der Waals surface area contributed by atoms with Crippen molar-refractivity contribution in [1.29, 1.82) is 0 Å². The van der Waals surface area contributed by atoms with Gasteiger partial charge >= 0.3 is 5.97 Å². The first kappa shape index (κ1) is 19.9. The van der Waals surface area contributed by atoms with Gasteiger partial charge in [-0.05, 0) is 24.7 Å². The molecule has 2 unspecified atom stereocenters. The topological polar surface area (TPSA) is 69.6 Å². The number of carboxylic acid groups (broad SMARTS) is 1. The Morgan fingerprint density at radius 2 is 1.38 bits per heavy atom. The van der Waals surface area contributed by atoms with Gasteiger partial charge < -0.3 is 10.4 Å². The van der Waals surface area contributed by atoms with E-state index in [2.05, 4.69) is 37.9 Å². The minimum absolute atomic E-state index is 0.137. The van der Waals surface area contributed by atoms with Crippen molar-refractivity contribution in [2.75, 3.05) is 13.1 Å². The quantitative estimate of drug-likeness (QED) is 0.685. The Balaban J connectivity index is 4.86. The van der Waals surface area contributed by atoms with Crippen molar-refractivity contribution in [1.82, 2.24) is 10.2 Å². The highest BCUT2D eigenvalue weighted by Crippen LogP contribution is 2.10. The van der Waals surface area contributed by atoms with E-state index in [1.54, 1.807) is 13.8 Å². The normalized spacial score (nSPS) is 14.8. The van der Waals surface area contributed by atoms with Crippen LogP contribution in [-0.4, -0.2) is 47.1 Å². The van der Waals surface area contributed by atoms with Crippen LogP contribution >= 0.6 is 0 Å². The number of hydrogen-bond acceptors (Lipinski definition) is 3. The maximum atomic E-state index is 12.4. The van der Waals surface area contributed by atoms with Gasteiger partial charge in [0.25, 0.3) is 0 Å². The maximum Gasteiger partial charge on any atom is 0.326 e. The zero-order chi connectivity index (χ0) is 16.7. The number of carboxylic acids is 1. The average Bonchev–Trinajstić information content (AvgIpc) is 2.31. The van der Waals surface area contributed by atoms with Crippen LogP contribution in [0.15, 0.2) is 0 Å². The van der Waals surface area contributed by atoms with Crippen LogP contribution < -0.4 is 5.32 Å². The molecule has 2 atom stereocenters. The van der Waals surface area contributed by atoms with Crippen molar-refractivity contribution in [2.45, 2.75) is 60.5 Å². The lowest BCUT2D eigenvalue weighted by molar-refractivity contribution is -0.144. The molecule has 0 bridgehead atoms. The van der Waals surface area contributed by atoms with Crippen molar-refractivity contribution >= 4 is 11.9 Å². The number of nitrogens with zero attached hydrogens (tertiary/aromatic N) is 1. The highest BCUT2D eigenvalue weighted by Gasteiger charge is 2.28. The van der Waals surface area contributed by atoms with Gasteiger partial charge in [-0.2, -0.15) is 0 Å². The number of hydrogen-bond donors (Lipinski definition) is 2. The second-order valence-electron chi connectivity index (χ2n) is 6.99. The number of aliphatic carboxylic acids is 1. The summed E-state index contributed by atoms with van der Waals surface area (Å²) in [4.78, 5) is 25.7. The first-order valence-electron chi connectivity index (χ1n) is 7.83. The second-order valence-corrected chi connectivity index (χ2v) is 6.99. The summed E-state index contributed by atoms with van der Waals surface area (Å²) < 4.78 is 0. The summed E-state index contributed by atoms with van der Waals surface area (Å²) >= 11 is 0. The summed E-state index contributed by atoms with van der Waals surface area (Å²) in [5.74, 6) is -0.414. The highest BCUT2D eigenvalue weighted by atomic mass is 16.4. The van der Waals surface area contributed by atoms with Crippen molar-refractivity contribution in [3.63, 3.8) is 0 Å². The van der Waals surface area contributed by atoms with Crippen LogP contribution in [0.1, 0.15) is 48.5 Å². The SMILES string of the molecule is CC(C)CN(CC(C)C)C(C)C(=O)NC(C(=O)O)C(C)C. The molecule has 0 aromatic heterocycles. The van der Waals surface area contributed by atoms with Crippen LogP contribution in [0.5, 0.6) is 0 Å². The highest BCUT2D eigenvalue weighted by molar-refractivity contribution is 5.86. The van der Waals surface area contributed by atoms with Gasteiger partial charge in [0.1, 0.15) is 6.04 Å². The summed E-state index contributed by atoms with van der Waals surface area (Å²) in [5.41, 5.74) is 0. The fourth-order valence-electron chi connectivity index (χ4n) is 2.28. The third-order valence-corrected chi connectivity index (χ3v) is 3.36. The first-order chi connectivity index (χ1) is 9.56. The molecule has 0 saturated heterocycles.